The fraction of sp³-hybridized carbons (Fsp3) is 0.231. The third-order valence-electron chi connectivity index (χ3n) is 5.69. The molecule has 0 amide bonds. The molecule has 1 saturated carbocycles. The standard InChI is InChI=1S/C26H27PS2/c28-27(23-15-7-2-8-16-23,24-17-9-3-10-18-24)26(22-13-5-1-6-14-22)21-29-25-19-11-4-12-20-25/h2-4,7-12,15-22H,1,5-6,13-14H2/b26-21+. The molecule has 0 atom stereocenters. The Morgan fingerprint density at radius 3 is 1.72 bits per heavy atom. The summed E-state index contributed by atoms with van der Waals surface area (Å²) in [6, 6.07) is 30.4. The summed E-state index contributed by atoms with van der Waals surface area (Å²) in [5.41, 5.74) is 0. The molecule has 0 aromatic heterocycles. The van der Waals surface area contributed by atoms with Crippen molar-refractivity contribution in [3.63, 3.8) is 0 Å². The van der Waals surface area contributed by atoms with Crippen LogP contribution in [0.5, 0.6) is 0 Å². The van der Waals surface area contributed by atoms with E-state index >= 15 is 0 Å². The monoisotopic (exact) mass is 434 g/mol. The normalized spacial score (nSPS) is 15.9. The van der Waals surface area contributed by atoms with Crippen LogP contribution in [0, 0.1) is 5.92 Å². The van der Waals surface area contributed by atoms with E-state index in [2.05, 4.69) is 96.4 Å². The Kier molecular flexibility index (Phi) is 7.08. The van der Waals surface area contributed by atoms with Crippen LogP contribution >= 0.6 is 17.8 Å². The zero-order chi connectivity index (χ0) is 19.9. The van der Waals surface area contributed by atoms with Gasteiger partial charge in [0.05, 0.1) is 0 Å². The molecule has 3 aromatic rings. The van der Waals surface area contributed by atoms with E-state index in [0.717, 1.165) is 0 Å². The minimum absolute atomic E-state index is 0.589. The molecule has 0 saturated heterocycles. The van der Waals surface area contributed by atoms with Gasteiger partial charge in [0.1, 0.15) is 0 Å². The topological polar surface area (TPSA) is 0 Å². The molecule has 0 bridgehead atoms. The highest BCUT2D eigenvalue weighted by Gasteiger charge is 2.32. The largest absolute Gasteiger partial charge is 0.0977 e. The van der Waals surface area contributed by atoms with Crippen LogP contribution in [-0.2, 0) is 11.8 Å². The fourth-order valence-corrected chi connectivity index (χ4v) is 10.1. The fourth-order valence-electron chi connectivity index (χ4n) is 4.18. The van der Waals surface area contributed by atoms with E-state index < -0.39 is 6.04 Å². The predicted molar refractivity (Wildman–Crippen MR) is 133 cm³/mol. The first-order chi connectivity index (χ1) is 14.3. The van der Waals surface area contributed by atoms with Crippen molar-refractivity contribution in [1.82, 2.24) is 0 Å². The lowest BCUT2D eigenvalue weighted by atomic mass is 9.89. The van der Waals surface area contributed by atoms with Crippen molar-refractivity contribution in [2.24, 2.45) is 5.92 Å². The molecule has 1 fully saturated rings. The van der Waals surface area contributed by atoms with E-state index in [1.165, 1.54) is 52.9 Å². The molecule has 3 aromatic carbocycles. The summed E-state index contributed by atoms with van der Waals surface area (Å²) >= 11 is 8.52. The first-order valence-electron chi connectivity index (χ1n) is 10.4. The maximum atomic E-state index is 6.68. The van der Waals surface area contributed by atoms with Gasteiger partial charge in [0.25, 0.3) is 0 Å². The van der Waals surface area contributed by atoms with Crippen molar-refractivity contribution in [2.45, 2.75) is 37.0 Å². The Morgan fingerprint density at radius 1 is 0.724 bits per heavy atom. The van der Waals surface area contributed by atoms with Gasteiger partial charge >= 0.3 is 0 Å². The molecule has 4 rings (SSSR count). The smallest absolute Gasteiger partial charge is 0.0348 e. The zero-order valence-corrected chi connectivity index (χ0v) is 19.1. The molecule has 29 heavy (non-hydrogen) atoms. The average molecular weight is 435 g/mol. The summed E-state index contributed by atoms with van der Waals surface area (Å²) < 4.78 is 0. The van der Waals surface area contributed by atoms with Crippen molar-refractivity contribution in [1.29, 1.82) is 0 Å². The van der Waals surface area contributed by atoms with Crippen LogP contribution in [0.3, 0.4) is 0 Å². The minimum atomic E-state index is -2.07. The van der Waals surface area contributed by atoms with Crippen LogP contribution in [0.1, 0.15) is 32.1 Å². The van der Waals surface area contributed by atoms with Gasteiger partial charge in [0.15, 0.2) is 0 Å². The summed E-state index contributed by atoms with van der Waals surface area (Å²) in [4.78, 5) is 1.28. The highest BCUT2D eigenvalue weighted by atomic mass is 32.4. The van der Waals surface area contributed by atoms with Crippen LogP contribution < -0.4 is 10.6 Å². The minimum Gasteiger partial charge on any atom is -0.0977 e. The Hall–Kier alpha value is -1.60. The van der Waals surface area contributed by atoms with E-state index in [-0.39, 0.29) is 0 Å². The zero-order valence-electron chi connectivity index (χ0n) is 16.6. The van der Waals surface area contributed by atoms with Gasteiger partial charge in [-0.15, -0.1) is 0 Å². The molecule has 1 aliphatic carbocycles. The summed E-state index contributed by atoms with van der Waals surface area (Å²) in [5.74, 6) is 0.589. The molecule has 0 unspecified atom stereocenters. The third-order valence-corrected chi connectivity index (χ3v) is 11.9. The molecule has 0 N–H and O–H groups in total. The molecule has 0 radical (unpaired) electrons. The highest BCUT2D eigenvalue weighted by molar-refractivity contribution is 8.24. The SMILES string of the molecule is S=P(/C(=C/Sc1ccccc1)C1CCCCC1)(c1ccccc1)c1ccccc1. The van der Waals surface area contributed by atoms with Crippen LogP contribution in [0.4, 0.5) is 0 Å². The molecule has 3 heteroatoms. The van der Waals surface area contributed by atoms with Crippen molar-refractivity contribution in [3.05, 3.63) is 102 Å². The molecule has 0 heterocycles. The van der Waals surface area contributed by atoms with Gasteiger partial charge < -0.3 is 0 Å². The second-order valence-corrected chi connectivity index (χ2v) is 12.9. The van der Waals surface area contributed by atoms with Gasteiger partial charge in [-0.2, -0.15) is 0 Å². The van der Waals surface area contributed by atoms with Crippen LogP contribution in [0.15, 0.2) is 107 Å². The third kappa shape index (κ3) is 4.77. The Labute approximate surface area is 184 Å². The average Bonchev–Trinajstić information content (AvgIpc) is 2.81. The predicted octanol–water partition coefficient (Wildman–Crippen LogP) is 7.33. The number of hydrogen-bond donors (Lipinski definition) is 0. The first-order valence-corrected chi connectivity index (χ1v) is 14.1. The Morgan fingerprint density at radius 2 is 1.21 bits per heavy atom. The lowest BCUT2D eigenvalue weighted by Crippen LogP contribution is -2.22. The van der Waals surface area contributed by atoms with Crippen LogP contribution in [0.2, 0.25) is 0 Å². The van der Waals surface area contributed by atoms with E-state index in [1.54, 1.807) is 0 Å². The lowest BCUT2D eigenvalue weighted by Gasteiger charge is -2.34. The molecule has 148 valence electrons. The summed E-state index contributed by atoms with van der Waals surface area (Å²) in [6.45, 7) is 0. The molecular weight excluding hydrogens is 407 g/mol. The van der Waals surface area contributed by atoms with Crippen LogP contribution in [-0.4, -0.2) is 0 Å². The molecular formula is C26H27PS2. The van der Waals surface area contributed by atoms with Gasteiger partial charge in [0.2, 0.25) is 0 Å². The first kappa shape index (κ1) is 20.7. The lowest BCUT2D eigenvalue weighted by molar-refractivity contribution is 0.414. The molecule has 0 spiro atoms. The number of allylic oxidation sites excluding steroid dienone is 1. The maximum Gasteiger partial charge on any atom is 0.0348 e. The molecule has 0 aliphatic heterocycles. The van der Waals surface area contributed by atoms with Gasteiger partial charge in [-0.1, -0.05) is 122 Å². The summed E-state index contributed by atoms with van der Waals surface area (Å²) in [6.07, 6.45) is 6.52. The van der Waals surface area contributed by atoms with E-state index in [0.29, 0.717) is 5.92 Å². The molecule has 1 aliphatic rings. The van der Waals surface area contributed by atoms with Crippen LogP contribution in [0.25, 0.3) is 0 Å². The van der Waals surface area contributed by atoms with Crippen molar-refractivity contribution < 1.29 is 0 Å². The second kappa shape index (κ2) is 9.94. The number of benzene rings is 3. The Bertz CT molecular complexity index is 931. The number of hydrogen-bond acceptors (Lipinski definition) is 2. The van der Waals surface area contributed by atoms with Gasteiger partial charge in [0, 0.05) is 10.9 Å². The number of thioether (sulfide) groups is 1. The van der Waals surface area contributed by atoms with E-state index in [9.17, 15) is 0 Å². The van der Waals surface area contributed by atoms with E-state index in [1.807, 2.05) is 11.8 Å². The van der Waals surface area contributed by atoms with Crippen molar-refractivity contribution in [3.8, 4) is 0 Å². The quantitative estimate of drug-likeness (QED) is 0.294. The summed E-state index contributed by atoms with van der Waals surface area (Å²) in [5, 5.41) is 6.54. The van der Waals surface area contributed by atoms with E-state index in [4.69, 9.17) is 11.8 Å². The van der Waals surface area contributed by atoms with Gasteiger partial charge in [-0.25, -0.2) is 0 Å². The summed E-state index contributed by atoms with van der Waals surface area (Å²) in [7, 11) is 0. The second-order valence-electron chi connectivity index (χ2n) is 7.59. The van der Waals surface area contributed by atoms with Gasteiger partial charge in [-0.05, 0) is 52.2 Å². The Balaban J connectivity index is 1.85. The highest BCUT2D eigenvalue weighted by Crippen LogP contribution is 2.58. The maximum absolute atomic E-state index is 6.68. The van der Waals surface area contributed by atoms with Gasteiger partial charge in [-0.3, -0.25) is 0 Å². The number of rotatable bonds is 6. The molecule has 0 nitrogen and oxygen atoms in total. The van der Waals surface area contributed by atoms with Crippen molar-refractivity contribution in [2.75, 3.05) is 0 Å². The van der Waals surface area contributed by atoms with Crippen molar-refractivity contribution >= 4 is 40.2 Å².